The van der Waals surface area contributed by atoms with Crippen LogP contribution in [0.3, 0.4) is 0 Å². The molecule has 142 valence electrons. The number of imidazole rings is 1. The Hall–Kier alpha value is -2.53. The van der Waals surface area contributed by atoms with Gasteiger partial charge in [-0.15, -0.1) is 0 Å². The molecule has 0 aliphatic carbocycles. The van der Waals surface area contributed by atoms with E-state index >= 15 is 0 Å². The fourth-order valence-electron chi connectivity index (χ4n) is 3.87. The minimum Gasteiger partial charge on any atom is -0.497 e. The summed E-state index contributed by atoms with van der Waals surface area (Å²) in [5.41, 5.74) is 3.71. The molecule has 1 aliphatic rings. The molecule has 0 amide bonds. The molecule has 0 fully saturated rings. The molecule has 0 radical (unpaired) electrons. The third-order valence-corrected chi connectivity index (χ3v) is 5.42. The van der Waals surface area contributed by atoms with Crippen LogP contribution in [-0.4, -0.2) is 36.4 Å². The van der Waals surface area contributed by atoms with E-state index in [0.29, 0.717) is 0 Å². The van der Waals surface area contributed by atoms with Crippen molar-refractivity contribution in [3.05, 3.63) is 54.1 Å². The summed E-state index contributed by atoms with van der Waals surface area (Å²) < 4.78 is 7.66. The van der Waals surface area contributed by atoms with Crippen molar-refractivity contribution in [3.8, 4) is 5.75 Å². The molecule has 27 heavy (non-hydrogen) atoms. The zero-order valence-corrected chi connectivity index (χ0v) is 16.3. The Balaban J connectivity index is 1.52. The molecule has 4 rings (SSSR count). The lowest BCUT2D eigenvalue weighted by molar-refractivity contribution is -0.924. The summed E-state index contributed by atoms with van der Waals surface area (Å²) in [6.45, 7) is 6.45. The predicted octanol–water partition coefficient (Wildman–Crippen LogP) is 2.71. The number of para-hydroxylation sites is 2. The number of quaternary nitrogens is 1. The number of hydrogen-bond donors (Lipinski definition) is 1. The highest BCUT2D eigenvalue weighted by atomic mass is 16.5. The van der Waals surface area contributed by atoms with Crippen molar-refractivity contribution in [2.75, 3.05) is 31.8 Å². The maximum atomic E-state index is 5.26. The number of ether oxygens (including phenoxy) is 1. The zero-order chi connectivity index (χ0) is 18.6. The Morgan fingerprint density at radius 3 is 2.67 bits per heavy atom. The van der Waals surface area contributed by atoms with Crippen LogP contribution in [0.1, 0.15) is 25.3 Å². The minimum absolute atomic E-state index is 0.921. The Morgan fingerprint density at radius 1 is 1.07 bits per heavy atom. The fourth-order valence-corrected chi connectivity index (χ4v) is 3.87. The first-order chi connectivity index (χ1) is 13.3. The second-order valence-corrected chi connectivity index (χ2v) is 7.36. The molecule has 5 nitrogen and oxygen atoms in total. The number of unbranched alkanes of at least 4 members (excludes halogenated alkanes) is 1. The number of fused-ring (bicyclic) bond motifs is 3. The van der Waals surface area contributed by atoms with Crippen molar-refractivity contribution in [2.45, 2.75) is 32.9 Å². The van der Waals surface area contributed by atoms with E-state index in [1.165, 1.54) is 23.9 Å². The quantitative estimate of drug-likeness (QED) is 0.699. The van der Waals surface area contributed by atoms with Gasteiger partial charge in [0.25, 0.3) is 0 Å². The van der Waals surface area contributed by atoms with Gasteiger partial charge in [0.1, 0.15) is 5.75 Å². The van der Waals surface area contributed by atoms with Crippen LogP contribution in [0.5, 0.6) is 5.75 Å². The molecule has 1 N–H and O–H groups in total. The van der Waals surface area contributed by atoms with Crippen molar-refractivity contribution >= 4 is 17.0 Å². The summed E-state index contributed by atoms with van der Waals surface area (Å²) in [6.07, 6.45) is 3.48. The molecule has 0 spiro atoms. The largest absolute Gasteiger partial charge is 0.497 e. The third-order valence-electron chi connectivity index (χ3n) is 5.42. The maximum Gasteiger partial charge on any atom is 0.215 e. The molecule has 1 aliphatic heterocycles. The average molecular weight is 366 g/mol. The van der Waals surface area contributed by atoms with Crippen molar-refractivity contribution in [1.82, 2.24) is 9.55 Å². The Morgan fingerprint density at radius 2 is 1.89 bits per heavy atom. The van der Waals surface area contributed by atoms with Crippen molar-refractivity contribution in [1.29, 1.82) is 0 Å². The van der Waals surface area contributed by atoms with Gasteiger partial charge in [-0.25, -0.2) is 4.98 Å². The van der Waals surface area contributed by atoms with Crippen LogP contribution in [0, 0.1) is 0 Å². The van der Waals surface area contributed by atoms with Crippen LogP contribution in [0.4, 0.5) is 5.95 Å². The van der Waals surface area contributed by atoms with Gasteiger partial charge in [-0.1, -0.05) is 37.6 Å². The van der Waals surface area contributed by atoms with Crippen LogP contribution in [0.15, 0.2) is 48.5 Å². The maximum absolute atomic E-state index is 5.26. The summed E-state index contributed by atoms with van der Waals surface area (Å²) in [5.74, 6) is 2.06. The van der Waals surface area contributed by atoms with E-state index in [1.54, 1.807) is 12.0 Å². The number of benzene rings is 2. The van der Waals surface area contributed by atoms with Gasteiger partial charge >= 0.3 is 0 Å². The summed E-state index contributed by atoms with van der Waals surface area (Å²) in [5, 5.41) is 0. The van der Waals surface area contributed by atoms with Gasteiger partial charge in [0.2, 0.25) is 5.95 Å². The summed E-state index contributed by atoms with van der Waals surface area (Å²) >= 11 is 0. The number of hydrogen-bond acceptors (Lipinski definition) is 3. The summed E-state index contributed by atoms with van der Waals surface area (Å²) in [4.78, 5) is 8.97. The van der Waals surface area contributed by atoms with Gasteiger partial charge < -0.3 is 9.64 Å². The first-order valence-corrected chi connectivity index (χ1v) is 9.95. The molecular formula is C22H29N4O+. The number of anilines is 1. The molecule has 1 aromatic heterocycles. The van der Waals surface area contributed by atoms with Crippen LogP contribution >= 0.6 is 0 Å². The summed E-state index contributed by atoms with van der Waals surface area (Å²) in [7, 11) is 1.71. The lowest BCUT2D eigenvalue weighted by atomic mass is 10.1. The number of rotatable bonds is 7. The van der Waals surface area contributed by atoms with Gasteiger partial charge in [0, 0.05) is 13.0 Å². The Kier molecular flexibility index (Phi) is 5.30. The molecule has 0 saturated heterocycles. The van der Waals surface area contributed by atoms with Crippen LogP contribution < -0.4 is 14.5 Å². The lowest BCUT2D eigenvalue weighted by Crippen LogP contribution is -3.14. The first kappa shape index (κ1) is 17.9. The number of nitrogens with zero attached hydrogens (tertiary/aromatic N) is 3. The van der Waals surface area contributed by atoms with Gasteiger partial charge in [-0.3, -0.25) is 9.47 Å². The highest BCUT2D eigenvalue weighted by Gasteiger charge is 2.27. The van der Waals surface area contributed by atoms with E-state index in [-0.39, 0.29) is 0 Å². The summed E-state index contributed by atoms with van der Waals surface area (Å²) in [6, 6.07) is 17.0. The number of nitrogens with one attached hydrogen (secondary N) is 1. The highest BCUT2D eigenvalue weighted by molar-refractivity contribution is 5.78. The molecule has 5 heteroatoms. The Bertz CT molecular complexity index is 887. The van der Waals surface area contributed by atoms with E-state index in [0.717, 1.165) is 50.1 Å². The van der Waals surface area contributed by atoms with Gasteiger partial charge in [0.05, 0.1) is 24.7 Å². The molecular weight excluding hydrogens is 336 g/mol. The average Bonchev–Trinajstić information content (AvgIpc) is 3.10. The third kappa shape index (κ3) is 3.78. The van der Waals surface area contributed by atoms with E-state index in [2.05, 4.69) is 64.9 Å². The Labute approximate surface area is 161 Å². The monoisotopic (exact) mass is 365 g/mol. The normalized spacial score (nSPS) is 16.5. The topological polar surface area (TPSA) is 34.7 Å². The molecule has 0 bridgehead atoms. The second-order valence-electron chi connectivity index (χ2n) is 7.36. The van der Waals surface area contributed by atoms with Crippen LogP contribution in [-0.2, 0) is 13.1 Å². The lowest BCUT2D eigenvalue weighted by Gasteiger charge is -2.34. The van der Waals surface area contributed by atoms with E-state index in [9.17, 15) is 0 Å². The van der Waals surface area contributed by atoms with Crippen molar-refractivity contribution in [2.24, 2.45) is 0 Å². The van der Waals surface area contributed by atoms with Crippen molar-refractivity contribution in [3.63, 3.8) is 0 Å². The van der Waals surface area contributed by atoms with E-state index in [4.69, 9.17) is 9.72 Å². The van der Waals surface area contributed by atoms with Gasteiger partial charge in [0.15, 0.2) is 13.3 Å². The van der Waals surface area contributed by atoms with E-state index in [1.807, 2.05) is 0 Å². The molecule has 2 aromatic carbocycles. The van der Waals surface area contributed by atoms with Crippen LogP contribution in [0.25, 0.3) is 11.0 Å². The number of methoxy groups -OCH3 is 1. The molecule has 1 atom stereocenters. The molecule has 1 unspecified atom stereocenters. The number of aromatic nitrogens is 2. The molecule has 0 saturated carbocycles. The van der Waals surface area contributed by atoms with Crippen LogP contribution in [0.2, 0.25) is 0 Å². The molecule has 3 aromatic rings. The standard InChI is InChI=1S/C22H28N4O/c1-3-4-14-25-16-24(15-13-18-9-11-19(27-2)12-10-18)17-26-21-8-6-5-7-20(21)23-22(25)26/h5-12H,3-4,13-17H2,1-2H3/p+1. The second kappa shape index (κ2) is 8.01. The SMILES string of the molecule is CCCCN1C[NH+](CCc2ccc(OC)cc2)Cn2c1nc1ccccc12. The molecule has 2 heterocycles. The van der Waals surface area contributed by atoms with E-state index < -0.39 is 0 Å². The van der Waals surface area contributed by atoms with Crippen molar-refractivity contribution < 1.29 is 9.64 Å². The fraction of sp³-hybridized carbons (Fsp3) is 0.409. The highest BCUT2D eigenvalue weighted by Crippen LogP contribution is 2.23. The minimum atomic E-state index is 0.921. The smallest absolute Gasteiger partial charge is 0.215 e. The first-order valence-electron chi connectivity index (χ1n) is 9.95. The van der Waals surface area contributed by atoms with Gasteiger partial charge in [-0.2, -0.15) is 0 Å². The zero-order valence-electron chi connectivity index (χ0n) is 16.3. The predicted molar refractivity (Wildman–Crippen MR) is 109 cm³/mol. The van der Waals surface area contributed by atoms with Gasteiger partial charge in [-0.05, 0) is 36.2 Å².